The second kappa shape index (κ2) is 26.2. The molecule has 0 bridgehead atoms. The Morgan fingerprint density at radius 2 is 1.19 bits per heavy atom. The van der Waals surface area contributed by atoms with E-state index in [4.69, 9.17) is 18.9 Å². The van der Waals surface area contributed by atoms with E-state index in [1.807, 2.05) is 0 Å². The zero-order valence-corrected chi connectivity index (χ0v) is 47.8. The number of aliphatic hydroxyl groups excluding tert-OH is 6. The van der Waals surface area contributed by atoms with E-state index >= 15 is 0 Å². The van der Waals surface area contributed by atoms with Crippen LogP contribution in [0.25, 0.3) is 0 Å². The summed E-state index contributed by atoms with van der Waals surface area (Å²) in [4.78, 5) is 0. The number of ether oxygens (including phenoxy) is 3. The van der Waals surface area contributed by atoms with Crippen molar-refractivity contribution in [3.63, 3.8) is 0 Å². The van der Waals surface area contributed by atoms with Gasteiger partial charge in [-0.2, -0.15) is 0 Å². The van der Waals surface area contributed by atoms with Gasteiger partial charge in [0.2, 0.25) is 0 Å². The molecule has 0 spiro atoms. The Kier molecular flexibility index (Phi) is 41.2. The first kappa shape index (κ1) is 50.4. The van der Waals surface area contributed by atoms with E-state index in [1.165, 1.54) is 6.92 Å². The van der Waals surface area contributed by atoms with Crippen molar-refractivity contribution in [1.82, 2.24) is 0 Å². The predicted octanol–water partition coefficient (Wildman–Crippen LogP) is -3.31. The van der Waals surface area contributed by atoms with E-state index in [2.05, 4.69) is 9.12 Å². The molecule has 2 fully saturated rings. The van der Waals surface area contributed by atoms with Gasteiger partial charge in [-0.15, -0.1) is 9.12 Å². The summed E-state index contributed by atoms with van der Waals surface area (Å²) in [6, 6.07) is 0. The van der Waals surface area contributed by atoms with Crippen molar-refractivity contribution in [2.24, 2.45) is 0 Å². The molecule has 10 nitrogen and oxygen atoms in total. The summed E-state index contributed by atoms with van der Waals surface area (Å²) in [5.41, 5.74) is 0. The summed E-state index contributed by atoms with van der Waals surface area (Å²) in [6.45, 7) is 1.88. The van der Waals surface area contributed by atoms with Crippen molar-refractivity contribution in [2.75, 3.05) is 13.2 Å². The molecule has 2 heterocycles. The summed E-state index contributed by atoms with van der Waals surface area (Å²) in [5, 5.41) is 59.8. The summed E-state index contributed by atoms with van der Waals surface area (Å²) >= 11 is 0. The van der Waals surface area contributed by atoms with Gasteiger partial charge in [-0.1, -0.05) is 6.82 Å². The van der Waals surface area contributed by atoms with Crippen LogP contribution >= 0.6 is 9.12 Å². The van der Waals surface area contributed by atoms with Crippen molar-refractivity contribution in [2.45, 2.75) is 75.0 Å². The fraction of sp³-hybridized carbons (Fsp3) is 1.00. The third-order valence-corrected chi connectivity index (χ3v) is 4.74. The second-order valence-electron chi connectivity index (χ2n) is 6.66. The van der Waals surface area contributed by atoms with Gasteiger partial charge in [0.25, 0.3) is 0 Å². The molecule has 11 atom stereocenters. The molecule has 0 aromatic carbocycles. The third kappa shape index (κ3) is 15.0. The fourth-order valence-corrected chi connectivity index (χ4v) is 3.36. The van der Waals surface area contributed by atoms with E-state index in [9.17, 15) is 30.6 Å². The molecule has 2 rings (SSSR count). The minimum atomic E-state index is -1.55. The molecule has 6 N–H and O–H groups in total. The molecule has 170 valence electrons. The van der Waals surface area contributed by atoms with Crippen LogP contribution in [0.3, 0.4) is 0 Å². The maximum Gasteiger partial charge on any atom is 0.312 e. The Labute approximate surface area is 406 Å². The first-order valence-corrected chi connectivity index (χ1v) is 9.19. The van der Waals surface area contributed by atoms with Gasteiger partial charge in [0.05, 0.1) is 25.4 Å². The van der Waals surface area contributed by atoms with Crippen LogP contribution in [0.5, 0.6) is 0 Å². The molecule has 0 aromatic heterocycles. The van der Waals surface area contributed by atoms with Crippen molar-refractivity contribution < 1.29 is 314 Å². The van der Waals surface area contributed by atoms with Crippen molar-refractivity contribution in [1.29, 1.82) is 0 Å². The largest absolute Gasteiger partial charge is 0.424 e. The average molecular weight is 1760 g/mol. The van der Waals surface area contributed by atoms with Gasteiger partial charge < -0.3 is 49.5 Å². The first-order valence-electron chi connectivity index (χ1n) is 8.52. The quantitative estimate of drug-likeness (QED) is 0.118. The van der Waals surface area contributed by atoms with Gasteiger partial charge in [0.15, 0.2) is 6.29 Å². The Morgan fingerprint density at radius 3 is 1.62 bits per heavy atom. The fourth-order valence-electron chi connectivity index (χ4n) is 3.18. The van der Waals surface area contributed by atoms with Crippen LogP contribution in [-0.4, -0.2) is 112 Å². The zero-order chi connectivity index (χ0) is 19.6. The van der Waals surface area contributed by atoms with Gasteiger partial charge in [-0.05, 0) is 6.92 Å². The smallest absolute Gasteiger partial charge is 0.312 e. The topological polar surface area (TPSA) is 158 Å². The SMILES string of the molecule is CB(P)O[C@H]1C(CO)O[C@@H](O[C@H]2C(CO)O[C@@H](C)C(O)[C@H]2O)C(O)[C@H]1O.[Ac].[Ac].[Ac].[Ac].[Ac].[Ac]. The van der Waals surface area contributed by atoms with Crippen molar-refractivity contribution in [3.8, 4) is 0 Å². The second-order valence-corrected chi connectivity index (χ2v) is 7.60. The molecule has 0 aliphatic carbocycles. The summed E-state index contributed by atoms with van der Waals surface area (Å²) in [6.07, 6.45) is -12.0. The number of hydrogen-bond donors (Lipinski definition) is 6. The molecule has 32 heavy (non-hydrogen) atoms. The average Bonchev–Trinajstić information content (AvgIpc) is 2.60. The predicted molar refractivity (Wildman–Crippen MR) is 92.3 cm³/mol. The van der Waals surface area contributed by atoms with Crippen LogP contribution in [0, 0.1) is 264 Å². The van der Waals surface area contributed by atoms with Gasteiger partial charge in [0, 0.05) is 264 Å². The number of hydrogen-bond acceptors (Lipinski definition) is 10. The van der Waals surface area contributed by atoms with Crippen molar-refractivity contribution in [3.05, 3.63) is 0 Å². The van der Waals surface area contributed by atoms with E-state index in [0.717, 1.165) is 0 Å². The van der Waals surface area contributed by atoms with Crippen LogP contribution < -0.4 is 0 Å². The van der Waals surface area contributed by atoms with Crippen LogP contribution in [0.1, 0.15) is 6.92 Å². The van der Waals surface area contributed by atoms with Crippen LogP contribution in [0.15, 0.2) is 0 Å². The molecular weight excluding hydrogens is 1730 g/mol. The molecule has 2 aliphatic heterocycles. The zero-order valence-electron chi connectivity index (χ0n) is 18.1. The van der Waals surface area contributed by atoms with Crippen LogP contribution in [0.2, 0.25) is 6.82 Å². The van der Waals surface area contributed by atoms with E-state index in [-0.39, 0.29) is 271 Å². The summed E-state index contributed by atoms with van der Waals surface area (Å²) < 4.78 is 21.9. The molecule has 18 heteroatoms. The van der Waals surface area contributed by atoms with Gasteiger partial charge in [0.1, 0.15) is 42.7 Å². The minimum absolute atomic E-state index is 0. The van der Waals surface area contributed by atoms with Crippen LogP contribution in [-0.2, 0) is 18.9 Å². The maximum atomic E-state index is 10.3. The monoisotopic (exact) mass is 1760 g/mol. The molecule has 2 saturated heterocycles. The van der Waals surface area contributed by atoms with Crippen LogP contribution in [0.4, 0.5) is 0 Å². The van der Waals surface area contributed by atoms with Gasteiger partial charge in [-0.3, -0.25) is 0 Å². The maximum absolute atomic E-state index is 10.3. The van der Waals surface area contributed by atoms with Gasteiger partial charge >= 0.3 is 6.64 Å². The molecule has 5 unspecified atom stereocenters. The van der Waals surface area contributed by atoms with Gasteiger partial charge in [-0.25, -0.2) is 0 Å². The first-order chi connectivity index (χ1) is 12.2. The molecule has 0 saturated carbocycles. The Bertz CT molecular complexity index is 464. The molecule has 6 radical (unpaired) electrons. The Balaban J connectivity index is -0.000000405. The summed E-state index contributed by atoms with van der Waals surface area (Å²) in [7, 11) is 2.37. The molecule has 0 aromatic rings. The molecule has 0 amide bonds. The number of aliphatic hydroxyl groups is 6. The van der Waals surface area contributed by atoms with E-state index in [0.29, 0.717) is 0 Å². The Morgan fingerprint density at radius 1 is 0.750 bits per heavy atom. The Hall–Kier alpha value is 8.74. The molecule has 2 aliphatic rings. The van der Waals surface area contributed by atoms with Crippen molar-refractivity contribution >= 4 is 15.8 Å². The molecular formula is C14H28Ac6BO10P. The van der Waals surface area contributed by atoms with E-state index in [1.54, 1.807) is 6.82 Å². The summed E-state index contributed by atoms with van der Waals surface area (Å²) in [5.74, 6) is 0. The normalized spacial score (nSPS) is 38.2. The minimum Gasteiger partial charge on any atom is -0.424 e. The third-order valence-electron chi connectivity index (χ3n) is 4.59. The standard InChI is InChI=1S/C14H28BO10P.6Ac/c1-5-8(18)9(19)12(6(3-16)22-5)24-14-11(21)10(20)13(25-15(2)26)7(4-17)23-14;;;;;;/h5-14,16-21H,3-4,26H2,1-2H3;;;;;;/t5-,6?,7?,8?,9+,10+,11?,12-,13-,14-;;;;;;/m0....../s1. The van der Waals surface area contributed by atoms with E-state index < -0.39 is 74.4 Å². The number of rotatable bonds is 6.